The first kappa shape index (κ1) is 54.3. The molecule has 4 heterocycles. The van der Waals surface area contributed by atoms with E-state index in [1.54, 1.807) is 40.7 Å². The smallest absolute Gasteiger partial charge is 0.308 e. The summed E-state index contributed by atoms with van der Waals surface area (Å²) in [6.45, 7) is 13.7. The van der Waals surface area contributed by atoms with E-state index in [9.17, 15) is 39.9 Å². The molecule has 0 aromatic rings. The van der Waals surface area contributed by atoms with E-state index in [1.807, 2.05) is 34.0 Å². The van der Waals surface area contributed by atoms with Crippen LogP contribution in [0.1, 0.15) is 87.5 Å². The predicted molar refractivity (Wildman–Crippen MR) is 229 cm³/mol. The van der Waals surface area contributed by atoms with Crippen molar-refractivity contribution in [2.45, 2.75) is 191 Å². The Morgan fingerprint density at radius 2 is 1.52 bits per heavy atom. The number of aliphatic hydroxyl groups is 5. The van der Waals surface area contributed by atoms with Crippen molar-refractivity contribution in [1.29, 1.82) is 0 Å². The molecule has 0 radical (unpaired) electrons. The second-order valence-corrected chi connectivity index (χ2v) is 18.9. The standard InChI is InChI=1S/C46H77NO17/c1-13-33-30(22-58-45-42(57-12)41(56-11)37(52)26(5)60-45)18-23(2)14-15-31(49)24(3)19-29(16-17-48)39(25(4)32(50)20-34(51)62-33)64-44-38(53)36(47(9)10)40(27(6)61-44)63-35-21-46(8,55)43(54)28(7)59-35/h14-15,17-18,24-30,32-33,35-45,50,52-55H,13,16,19-22H2,1-12H3/p+1/b15-14+,23-18+/t24-,25+,26-,27-,28+,29+,30-,32-,33-,35+,36-,37-,38-,39-,40-,41-,42-,43+,44+,45-,46-/m1/s1. The van der Waals surface area contributed by atoms with Gasteiger partial charge in [0.1, 0.15) is 49.0 Å². The number of aliphatic hydroxyl groups excluding tert-OH is 4. The zero-order chi connectivity index (χ0) is 47.8. The minimum atomic E-state index is -1.48. The molecule has 3 fully saturated rings. The van der Waals surface area contributed by atoms with Crippen LogP contribution in [-0.4, -0.2) is 182 Å². The number of likely N-dealkylation sites (N-methyl/N-ethyl adjacent to an activating group) is 1. The Hall–Kier alpha value is -2.27. The minimum absolute atomic E-state index is 0.00618. The summed E-state index contributed by atoms with van der Waals surface area (Å²) in [5.74, 6) is -3.56. The molecule has 0 aromatic heterocycles. The second-order valence-electron chi connectivity index (χ2n) is 18.9. The molecule has 4 rings (SSSR count). The van der Waals surface area contributed by atoms with Gasteiger partial charge in [-0.1, -0.05) is 38.5 Å². The van der Waals surface area contributed by atoms with Crippen molar-refractivity contribution < 1.29 is 87.4 Å². The number of esters is 1. The number of ether oxygens (including phenoxy) is 9. The molecule has 4 aliphatic rings. The van der Waals surface area contributed by atoms with Crippen molar-refractivity contribution in [2.75, 3.05) is 34.9 Å². The third-order valence-corrected chi connectivity index (χ3v) is 13.5. The average molecular weight is 917 g/mol. The highest BCUT2D eigenvalue weighted by Gasteiger charge is 2.53. The summed E-state index contributed by atoms with van der Waals surface area (Å²) in [7, 11) is 6.60. The van der Waals surface area contributed by atoms with Crippen LogP contribution in [-0.2, 0) is 57.0 Å². The molecule has 0 spiro atoms. The number of nitrogens with one attached hydrogen (secondary N) is 1. The van der Waals surface area contributed by atoms with Gasteiger partial charge < -0.3 is 77.9 Å². The number of carbonyl (C=O) groups is 3. The maximum atomic E-state index is 13.8. The van der Waals surface area contributed by atoms with E-state index in [0.29, 0.717) is 12.0 Å². The topological polar surface area (TPSA) is 240 Å². The first-order valence-electron chi connectivity index (χ1n) is 22.8. The number of hydrogen-bond acceptors (Lipinski definition) is 17. The molecule has 0 bridgehead atoms. The number of aldehydes is 1. The van der Waals surface area contributed by atoms with Crippen LogP contribution in [0.4, 0.5) is 0 Å². The Morgan fingerprint density at radius 1 is 0.859 bits per heavy atom. The zero-order valence-corrected chi connectivity index (χ0v) is 39.7. The van der Waals surface area contributed by atoms with Crippen molar-refractivity contribution in [3.63, 3.8) is 0 Å². The Labute approximate surface area is 378 Å². The van der Waals surface area contributed by atoms with Crippen LogP contribution in [0.15, 0.2) is 23.8 Å². The zero-order valence-electron chi connectivity index (χ0n) is 39.7. The fourth-order valence-electron chi connectivity index (χ4n) is 9.61. The lowest BCUT2D eigenvalue weighted by Crippen LogP contribution is -3.14. The second kappa shape index (κ2) is 24.1. The van der Waals surface area contributed by atoms with Crippen LogP contribution in [0, 0.1) is 23.7 Å². The number of allylic oxidation sites excluding steroid dienone is 3. The molecule has 0 saturated carbocycles. The monoisotopic (exact) mass is 917 g/mol. The Morgan fingerprint density at radius 3 is 2.11 bits per heavy atom. The number of rotatable bonds is 13. The van der Waals surface area contributed by atoms with E-state index < -0.39 is 140 Å². The maximum absolute atomic E-state index is 13.8. The van der Waals surface area contributed by atoms with E-state index in [1.165, 1.54) is 27.2 Å². The molecule has 0 unspecified atom stereocenters. The molecule has 6 N–H and O–H groups in total. The summed E-state index contributed by atoms with van der Waals surface area (Å²) < 4.78 is 54.7. The molecule has 18 nitrogen and oxygen atoms in total. The van der Waals surface area contributed by atoms with Gasteiger partial charge in [0.25, 0.3) is 0 Å². The van der Waals surface area contributed by atoms with Gasteiger partial charge in [0.15, 0.2) is 30.8 Å². The molecule has 4 aliphatic heterocycles. The van der Waals surface area contributed by atoms with Crippen molar-refractivity contribution in [3.05, 3.63) is 23.8 Å². The van der Waals surface area contributed by atoms with Crippen LogP contribution in [0.25, 0.3) is 0 Å². The molecule has 368 valence electrons. The number of cyclic esters (lactones) is 1. The first-order chi connectivity index (χ1) is 30.1. The number of quaternary nitrogens is 1. The molecule has 3 saturated heterocycles. The van der Waals surface area contributed by atoms with Gasteiger partial charge in [-0.15, -0.1) is 0 Å². The molecule has 21 atom stereocenters. The highest BCUT2D eigenvalue weighted by molar-refractivity contribution is 5.91. The van der Waals surface area contributed by atoms with Gasteiger partial charge in [0, 0.05) is 44.8 Å². The van der Waals surface area contributed by atoms with Gasteiger partial charge in [0.05, 0.1) is 63.2 Å². The molecule has 0 aliphatic carbocycles. The van der Waals surface area contributed by atoms with Crippen LogP contribution >= 0.6 is 0 Å². The maximum Gasteiger partial charge on any atom is 0.308 e. The first-order valence-corrected chi connectivity index (χ1v) is 22.8. The fraction of sp³-hybridized carbons (Fsp3) is 0.848. The summed E-state index contributed by atoms with van der Waals surface area (Å²) >= 11 is 0. The predicted octanol–water partition coefficient (Wildman–Crippen LogP) is 0.416. The quantitative estimate of drug-likeness (QED) is 0.108. The number of methoxy groups -OCH3 is 2. The van der Waals surface area contributed by atoms with Crippen LogP contribution in [0.3, 0.4) is 0 Å². The van der Waals surface area contributed by atoms with E-state index in [2.05, 4.69) is 0 Å². The van der Waals surface area contributed by atoms with E-state index >= 15 is 0 Å². The van der Waals surface area contributed by atoms with Gasteiger partial charge in [0.2, 0.25) is 0 Å². The van der Waals surface area contributed by atoms with Crippen molar-refractivity contribution in [2.24, 2.45) is 23.7 Å². The molecule has 64 heavy (non-hydrogen) atoms. The lowest BCUT2D eigenvalue weighted by molar-refractivity contribution is -0.898. The molecule has 18 heteroatoms. The SMILES string of the molecule is CC[C@H]1OC(=O)C[C@@H](O)[C@H](C)[C@@H](O[C@@H]2O[C@H](C)[C@@H](O[C@H]3C[C@@](C)(O)[C@@H](O)[C@H](C)O3)[C@H]([NH+](C)C)[C@H]2O)[C@@H](CC=O)C[C@@H](C)C(=O)/C=C/C(C)=C/[C@@H]1CO[C@@H]1O[C@H](C)[C@@H](O)[C@@H](OC)[C@H]1OC. The summed E-state index contributed by atoms with van der Waals surface area (Å²) in [4.78, 5) is 40.6. The van der Waals surface area contributed by atoms with E-state index in [4.69, 9.17) is 42.6 Å². The molecule has 0 amide bonds. The summed E-state index contributed by atoms with van der Waals surface area (Å²) in [6.07, 6.45) is -8.29. The number of hydrogen-bond donors (Lipinski definition) is 6. The Bertz CT molecular complexity index is 1560. The Kier molecular flexibility index (Phi) is 20.5. The molecule has 0 aromatic carbocycles. The third kappa shape index (κ3) is 13.5. The minimum Gasteiger partial charge on any atom is -0.462 e. The summed E-state index contributed by atoms with van der Waals surface area (Å²) in [6, 6.07) is -0.665. The van der Waals surface area contributed by atoms with Crippen LogP contribution in [0.5, 0.6) is 0 Å². The Balaban J connectivity index is 1.62. The average Bonchev–Trinajstić information content (AvgIpc) is 3.23. The van der Waals surface area contributed by atoms with Gasteiger partial charge in [-0.05, 0) is 59.5 Å². The van der Waals surface area contributed by atoms with Gasteiger partial charge >= 0.3 is 5.97 Å². The lowest BCUT2D eigenvalue weighted by atomic mass is 9.79. The summed E-state index contributed by atoms with van der Waals surface area (Å²) in [5.41, 5.74) is -0.797. The van der Waals surface area contributed by atoms with Gasteiger partial charge in [-0.2, -0.15) is 0 Å². The van der Waals surface area contributed by atoms with Crippen LogP contribution in [0.2, 0.25) is 0 Å². The van der Waals surface area contributed by atoms with Crippen molar-refractivity contribution in [3.8, 4) is 0 Å². The molecular weight excluding hydrogens is 838 g/mol. The van der Waals surface area contributed by atoms with E-state index in [-0.39, 0.29) is 31.7 Å². The number of carbonyl (C=O) groups excluding carboxylic acids is 3. The molecular formula is C46H78NO17+. The van der Waals surface area contributed by atoms with Crippen molar-refractivity contribution >= 4 is 18.0 Å². The highest BCUT2D eigenvalue weighted by atomic mass is 16.7. The van der Waals surface area contributed by atoms with Gasteiger partial charge in [-0.25, -0.2) is 0 Å². The fourth-order valence-corrected chi connectivity index (χ4v) is 9.61. The summed E-state index contributed by atoms with van der Waals surface area (Å²) in [5, 5.41) is 55.8. The highest BCUT2D eigenvalue weighted by Crippen LogP contribution is 2.36. The largest absolute Gasteiger partial charge is 0.462 e. The lowest BCUT2D eigenvalue weighted by Gasteiger charge is -2.48. The van der Waals surface area contributed by atoms with Gasteiger partial charge in [-0.3, -0.25) is 9.59 Å². The van der Waals surface area contributed by atoms with Crippen LogP contribution < -0.4 is 4.90 Å². The third-order valence-electron chi connectivity index (χ3n) is 13.5. The number of ketones is 1. The van der Waals surface area contributed by atoms with Crippen molar-refractivity contribution in [1.82, 2.24) is 0 Å². The van der Waals surface area contributed by atoms with E-state index in [0.717, 1.165) is 11.2 Å². The normalized spacial score (nSPS) is 45.9.